The summed E-state index contributed by atoms with van der Waals surface area (Å²) in [5.74, 6) is -0.376. The van der Waals surface area contributed by atoms with Crippen molar-refractivity contribution in [1.29, 1.82) is 0 Å². The summed E-state index contributed by atoms with van der Waals surface area (Å²) in [6.45, 7) is 7.07. The zero-order valence-electron chi connectivity index (χ0n) is 12.2. The molecule has 112 valence electrons. The molecule has 0 radical (unpaired) electrons. The summed E-state index contributed by atoms with van der Waals surface area (Å²) in [7, 11) is 1.64. The number of carbonyl (C=O) groups is 3. The molecule has 1 heterocycles. The van der Waals surface area contributed by atoms with Gasteiger partial charge in [0.1, 0.15) is 0 Å². The van der Waals surface area contributed by atoms with Crippen molar-refractivity contribution in [2.24, 2.45) is 5.92 Å². The maximum Gasteiger partial charge on any atom is 0.245 e. The fourth-order valence-electron chi connectivity index (χ4n) is 2.33. The first-order valence-corrected chi connectivity index (χ1v) is 6.92. The molecule has 0 spiro atoms. The predicted octanol–water partition coefficient (Wildman–Crippen LogP) is 0.00550. The second-order valence-electron chi connectivity index (χ2n) is 4.95. The van der Waals surface area contributed by atoms with Gasteiger partial charge in [-0.2, -0.15) is 0 Å². The van der Waals surface area contributed by atoms with Crippen molar-refractivity contribution in [3.63, 3.8) is 0 Å². The molecule has 1 aliphatic rings. The molecule has 0 unspecified atom stereocenters. The normalized spacial score (nSPS) is 15.6. The van der Waals surface area contributed by atoms with Crippen molar-refractivity contribution >= 4 is 17.7 Å². The number of likely N-dealkylation sites (N-methyl/N-ethyl adjacent to an activating group) is 2. The lowest BCUT2D eigenvalue weighted by Gasteiger charge is -2.32. The van der Waals surface area contributed by atoms with Gasteiger partial charge in [-0.3, -0.25) is 14.4 Å². The molecule has 20 heavy (non-hydrogen) atoms. The topological polar surface area (TPSA) is 69.7 Å². The Kier molecular flexibility index (Phi) is 6.21. The van der Waals surface area contributed by atoms with Crippen LogP contribution in [-0.4, -0.2) is 60.7 Å². The van der Waals surface area contributed by atoms with Gasteiger partial charge in [-0.15, -0.1) is 0 Å². The van der Waals surface area contributed by atoms with Crippen molar-refractivity contribution in [3.8, 4) is 0 Å². The molecule has 1 fully saturated rings. The van der Waals surface area contributed by atoms with Crippen LogP contribution < -0.4 is 5.32 Å². The maximum absolute atomic E-state index is 12.2. The van der Waals surface area contributed by atoms with Crippen LogP contribution in [0.4, 0.5) is 0 Å². The van der Waals surface area contributed by atoms with E-state index in [0.717, 1.165) is 0 Å². The summed E-state index contributed by atoms with van der Waals surface area (Å²) in [4.78, 5) is 38.3. The first-order chi connectivity index (χ1) is 9.49. The predicted molar refractivity (Wildman–Crippen MR) is 75.8 cm³/mol. The Balaban J connectivity index is 2.44. The highest BCUT2D eigenvalue weighted by molar-refractivity contribution is 5.88. The molecule has 1 aliphatic heterocycles. The second kappa shape index (κ2) is 7.67. The minimum Gasteiger partial charge on any atom is -0.355 e. The van der Waals surface area contributed by atoms with Gasteiger partial charge >= 0.3 is 0 Å². The molecule has 6 heteroatoms. The van der Waals surface area contributed by atoms with E-state index in [1.807, 2.05) is 6.92 Å². The lowest BCUT2D eigenvalue weighted by molar-refractivity contribution is -0.140. The van der Waals surface area contributed by atoms with E-state index in [4.69, 9.17) is 0 Å². The molecule has 1 saturated heterocycles. The summed E-state index contributed by atoms with van der Waals surface area (Å²) >= 11 is 0. The molecule has 1 N–H and O–H groups in total. The minimum absolute atomic E-state index is 0.0260. The third-order valence-electron chi connectivity index (χ3n) is 3.46. The number of hydrogen-bond donors (Lipinski definition) is 1. The van der Waals surface area contributed by atoms with E-state index >= 15 is 0 Å². The van der Waals surface area contributed by atoms with Gasteiger partial charge in [-0.1, -0.05) is 6.58 Å². The Morgan fingerprint density at radius 3 is 2.45 bits per heavy atom. The third kappa shape index (κ3) is 4.36. The smallest absolute Gasteiger partial charge is 0.245 e. The third-order valence-corrected chi connectivity index (χ3v) is 3.46. The molecule has 0 aromatic heterocycles. The van der Waals surface area contributed by atoms with E-state index < -0.39 is 0 Å². The molecule has 3 amide bonds. The summed E-state index contributed by atoms with van der Waals surface area (Å²) in [6.07, 6.45) is 2.57. The van der Waals surface area contributed by atoms with Crippen molar-refractivity contribution in [2.45, 2.75) is 19.8 Å². The highest BCUT2D eigenvalue weighted by atomic mass is 16.2. The summed E-state index contributed by atoms with van der Waals surface area (Å²) in [5.41, 5.74) is 0. The Morgan fingerprint density at radius 1 is 1.35 bits per heavy atom. The van der Waals surface area contributed by atoms with Crippen molar-refractivity contribution in [3.05, 3.63) is 12.7 Å². The van der Waals surface area contributed by atoms with Gasteiger partial charge in [0.05, 0.1) is 6.54 Å². The highest BCUT2D eigenvalue weighted by Gasteiger charge is 2.28. The number of rotatable bonds is 5. The first-order valence-electron chi connectivity index (χ1n) is 6.92. The Labute approximate surface area is 119 Å². The first kappa shape index (κ1) is 16.2. The van der Waals surface area contributed by atoms with Gasteiger partial charge in [-0.05, 0) is 25.8 Å². The second-order valence-corrected chi connectivity index (χ2v) is 4.95. The molecule has 0 aromatic carbocycles. The summed E-state index contributed by atoms with van der Waals surface area (Å²) in [5, 5.41) is 2.67. The average molecular weight is 281 g/mol. The molecular formula is C14H23N3O3. The van der Waals surface area contributed by atoms with Gasteiger partial charge in [0.15, 0.2) is 0 Å². The number of carbonyl (C=O) groups excluding carboxylic acids is 3. The number of hydrogen-bond acceptors (Lipinski definition) is 3. The maximum atomic E-state index is 12.2. The number of nitrogens with zero attached hydrogens (tertiary/aromatic N) is 2. The number of nitrogens with one attached hydrogen (secondary N) is 1. The van der Waals surface area contributed by atoms with Crippen LogP contribution in [0.5, 0.6) is 0 Å². The van der Waals surface area contributed by atoms with E-state index in [1.54, 1.807) is 11.9 Å². The van der Waals surface area contributed by atoms with Crippen molar-refractivity contribution in [2.75, 3.05) is 33.2 Å². The average Bonchev–Trinajstić information content (AvgIpc) is 2.46. The Hall–Kier alpha value is -1.85. The number of amides is 3. The summed E-state index contributed by atoms with van der Waals surface area (Å²) < 4.78 is 0. The van der Waals surface area contributed by atoms with E-state index in [1.165, 1.54) is 11.0 Å². The molecule has 0 aliphatic carbocycles. The zero-order chi connectivity index (χ0) is 15.1. The van der Waals surface area contributed by atoms with Gasteiger partial charge in [0, 0.05) is 32.6 Å². The van der Waals surface area contributed by atoms with E-state index in [2.05, 4.69) is 11.9 Å². The molecule has 0 saturated carbocycles. The standard InChI is InChI=1S/C14H23N3O3/c1-4-13(19)17-8-6-11(7-9-17)14(20)16(3)10-12(18)15-5-2/h4,11H,1,5-10H2,2-3H3,(H,15,18). The van der Waals surface area contributed by atoms with Gasteiger partial charge < -0.3 is 15.1 Å². The molecular weight excluding hydrogens is 258 g/mol. The van der Waals surface area contributed by atoms with Crippen LogP contribution >= 0.6 is 0 Å². The van der Waals surface area contributed by atoms with Crippen LogP contribution in [0.2, 0.25) is 0 Å². The largest absolute Gasteiger partial charge is 0.355 e. The number of piperidine rings is 1. The molecule has 0 aromatic rings. The molecule has 0 atom stereocenters. The van der Waals surface area contributed by atoms with Crippen LogP contribution in [0.15, 0.2) is 12.7 Å². The van der Waals surface area contributed by atoms with Crippen LogP contribution in [0, 0.1) is 5.92 Å². The van der Waals surface area contributed by atoms with E-state index in [-0.39, 0.29) is 30.2 Å². The monoisotopic (exact) mass is 281 g/mol. The van der Waals surface area contributed by atoms with Crippen molar-refractivity contribution in [1.82, 2.24) is 15.1 Å². The fraction of sp³-hybridized carbons (Fsp3) is 0.643. The molecule has 6 nitrogen and oxygen atoms in total. The van der Waals surface area contributed by atoms with Gasteiger partial charge in [0.25, 0.3) is 0 Å². The van der Waals surface area contributed by atoms with Crippen LogP contribution in [0.25, 0.3) is 0 Å². The quantitative estimate of drug-likeness (QED) is 0.722. The van der Waals surface area contributed by atoms with Crippen LogP contribution in [-0.2, 0) is 14.4 Å². The van der Waals surface area contributed by atoms with Crippen molar-refractivity contribution < 1.29 is 14.4 Å². The fourth-order valence-corrected chi connectivity index (χ4v) is 2.33. The van der Waals surface area contributed by atoms with Gasteiger partial charge in [-0.25, -0.2) is 0 Å². The highest BCUT2D eigenvalue weighted by Crippen LogP contribution is 2.19. The molecule has 0 bridgehead atoms. The lowest BCUT2D eigenvalue weighted by Crippen LogP contribution is -2.45. The minimum atomic E-state index is -0.150. The lowest BCUT2D eigenvalue weighted by atomic mass is 9.95. The number of likely N-dealkylation sites (tertiary alicyclic amines) is 1. The Bertz CT molecular complexity index is 387. The molecule has 1 rings (SSSR count). The van der Waals surface area contributed by atoms with Gasteiger partial charge in [0.2, 0.25) is 17.7 Å². The summed E-state index contributed by atoms with van der Waals surface area (Å²) in [6, 6.07) is 0. The zero-order valence-corrected chi connectivity index (χ0v) is 12.2. The van der Waals surface area contributed by atoms with E-state index in [0.29, 0.717) is 32.5 Å². The SMILES string of the molecule is C=CC(=O)N1CCC(C(=O)N(C)CC(=O)NCC)CC1. The van der Waals surface area contributed by atoms with E-state index in [9.17, 15) is 14.4 Å². The Morgan fingerprint density at radius 2 is 1.95 bits per heavy atom. The van der Waals surface area contributed by atoms with Crippen LogP contribution in [0.1, 0.15) is 19.8 Å². The van der Waals surface area contributed by atoms with Crippen LogP contribution in [0.3, 0.4) is 0 Å².